The van der Waals surface area contributed by atoms with E-state index in [2.05, 4.69) is 20.9 Å². The Hall–Kier alpha value is -3.44. The fourth-order valence-corrected chi connectivity index (χ4v) is 3.32. The Labute approximate surface area is 191 Å². The molecule has 3 amide bonds. The lowest BCUT2D eigenvalue weighted by Crippen LogP contribution is -2.57. The normalized spacial score (nSPS) is 14.8. The SMILES string of the molecule is CC(C)C(NC(=O)CNC(=O)C(N)Cc1c[nH]c2ccccc12)C(=O)NC(C(=O)O)C(C)O. The van der Waals surface area contributed by atoms with Crippen molar-refractivity contribution >= 4 is 34.6 Å². The van der Waals surface area contributed by atoms with Crippen LogP contribution in [0.5, 0.6) is 0 Å². The largest absolute Gasteiger partial charge is 0.480 e. The van der Waals surface area contributed by atoms with Crippen LogP contribution in [0.2, 0.25) is 0 Å². The Balaban J connectivity index is 1.90. The van der Waals surface area contributed by atoms with E-state index in [4.69, 9.17) is 10.8 Å². The van der Waals surface area contributed by atoms with Gasteiger partial charge in [-0.3, -0.25) is 14.4 Å². The summed E-state index contributed by atoms with van der Waals surface area (Å²) >= 11 is 0. The third-order valence-corrected chi connectivity index (χ3v) is 5.19. The summed E-state index contributed by atoms with van der Waals surface area (Å²) in [7, 11) is 0. The minimum absolute atomic E-state index is 0.268. The van der Waals surface area contributed by atoms with Crippen LogP contribution in [-0.2, 0) is 25.6 Å². The first-order valence-electron chi connectivity index (χ1n) is 10.6. The second kappa shape index (κ2) is 11.4. The molecule has 1 aromatic carbocycles. The van der Waals surface area contributed by atoms with Gasteiger partial charge in [0, 0.05) is 17.1 Å². The second-order valence-corrected chi connectivity index (χ2v) is 8.24. The third-order valence-electron chi connectivity index (χ3n) is 5.19. The van der Waals surface area contributed by atoms with E-state index in [1.165, 1.54) is 6.92 Å². The number of aliphatic hydroxyl groups excluding tert-OH is 1. The lowest BCUT2D eigenvalue weighted by Gasteiger charge is -2.25. The predicted octanol–water partition coefficient (Wildman–Crippen LogP) is -0.755. The standard InChI is InChI=1S/C22H31N5O6/c1-11(2)18(21(31)27-19(12(3)28)22(32)33)26-17(29)10-25-20(30)15(23)8-13-9-24-16-7-5-4-6-14(13)16/h4-7,9,11-12,15,18-19,24,28H,8,10,23H2,1-3H3,(H,25,30)(H,26,29)(H,27,31)(H,32,33). The summed E-state index contributed by atoms with van der Waals surface area (Å²) in [4.78, 5) is 51.4. The van der Waals surface area contributed by atoms with Crippen LogP contribution in [0.3, 0.4) is 0 Å². The number of carbonyl (C=O) groups excluding carboxylic acids is 3. The van der Waals surface area contributed by atoms with E-state index in [9.17, 15) is 24.3 Å². The Kier molecular flexibility index (Phi) is 8.94. The molecule has 0 saturated carbocycles. The number of hydrogen-bond acceptors (Lipinski definition) is 6. The molecule has 0 aliphatic rings. The van der Waals surface area contributed by atoms with E-state index < -0.39 is 54.5 Å². The Morgan fingerprint density at radius 3 is 2.30 bits per heavy atom. The lowest BCUT2D eigenvalue weighted by molar-refractivity contribution is -0.145. The highest BCUT2D eigenvalue weighted by molar-refractivity contribution is 5.93. The monoisotopic (exact) mass is 461 g/mol. The van der Waals surface area contributed by atoms with Gasteiger partial charge >= 0.3 is 5.97 Å². The molecule has 2 aromatic rings. The van der Waals surface area contributed by atoms with Gasteiger partial charge in [-0.1, -0.05) is 32.0 Å². The minimum Gasteiger partial charge on any atom is -0.480 e. The molecule has 8 N–H and O–H groups in total. The highest BCUT2D eigenvalue weighted by Gasteiger charge is 2.31. The fourth-order valence-electron chi connectivity index (χ4n) is 3.32. The zero-order valence-corrected chi connectivity index (χ0v) is 18.8. The van der Waals surface area contributed by atoms with Gasteiger partial charge in [-0.25, -0.2) is 4.79 Å². The molecule has 180 valence electrons. The number of H-pyrrole nitrogens is 1. The molecule has 33 heavy (non-hydrogen) atoms. The van der Waals surface area contributed by atoms with E-state index in [0.717, 1.165) is 16.5 Å². The van der Waals surface area contributed by atoms with Gasteiger partial charge < -0.3 is 36.9 Å². The summed E-state index contributed by atoms with van der Waals surface area (Å²) in [6.45, 7) is 4.16. The van der Waals surface area contributed by atoms with Gasteiger partial charge in [-0.15, -0.1) is 0 Å². The number of fused-ring (bicyclic) bond motifs is 1. The Morgan fingerprint density at radius 2 is 1.70 bits per heavy atom. The average molecular weight is 462 g/mol. The number of rotatable bonds is 11. The summed E-state index contributed by atoms with van der Waals surface area (Å²) in [6.07, 6.45) is 0.728. The van der Waals surface area contributed by atoms with Gasteiger partial charge in [0.15, 0.2) is 6.04 Å². The quantitative estimate of drug-likeness (QED) is 0.229. The second-order valence-electron chi connectivity index (χ2n) is 8.24. The van der Waals surface area contributed by atoms with Crippen LogP contribution in [0, 0.1) is 5.92 Å². The van der Waals surface area contributed by atoms with Crippen molar-refractivity contribution < 1.29 is 29.4 Å². The van der Waals surface area contributed by atoms with Crippen LogP contribution < -0.4 is 21.7 Å². The number of carboxylic acids is 1. The molecule has 0 aliphatic carbocycles. The summed E-state index contributed by atoms with van der Waals surface area (Å²) in [5, 5.41) is 26.8. The number of carboxylic acid groups (broad SMARTS) is 1. The molecule has 4 atom stereocenters. The minimum atomic E-state index is -1.52. The molecule has 0 spiro atoms. The van der Waals surface area contributed by atoms with Gasteiger partial charge in [0.25, 0.3) is 0 Å². The van der Waals surface area contributed by atoms with E-state index in [0.29, 0.717) is 0 Å². The molecule has 11 nitrogen and oxygen atoms in total. The Morgan fingerprint density at radius 1 is 1.03 bits per heavy atom. The number of aliphatic carboxylic acids is 1. The fraction of sp³-hybridized carbons (Fsp3) is 0.455. The first-order valence-corrected chi connectivity index (χ1v) is 10.6. The molecule has 2 rings (SSSR count). The van der Waals surface area contributed by atoms with Crippen molar-refractivity contribution in [1.29, 1.82) is 0 Å². The van der Waals surface area contributed by atoms with Gasteiger partial charge in [-0.05, 0) is 30.9 Å². The van der Waals surface area contributed by atoms with Crippen LogP contribution in [0.15, 0.2) is 30.5 Å². The van der Waals surface area contributed by atoms with Crippen molar-refractivity contribution in [3.8, 4) is 0 Å². The summed E-state index contributed by atoms with van der Waals surface area (Å²) in [5.41, 5.74) is 7.80. The van der Waals surface area contributed by atoms with Gasteiger partial charge in [0.2, 0.25) is 17.7 Å². The topological polar surface area (TPSA) is 187 Å². The Bertz CT molecular complexity index is 1000. The molecule has 0 bridgehead atoms. The maximum absolute atomic E-state index is 12.5. The molecule has 0 fully saturated rings. The number of carbonyl (C=O) groups is 4. The van der Waals surface area contributed by atoms with Gasteiger partial charge in [0.1, 0.15) is 6.04 Å². The van der Waals surface area contributed by atoms with Gasteiger partial charge in [-0.2, -0.15) is 0 Å². The number of hydrogen-bond donors (Lipinski definition) is 7. The maximum atomic E-state index is 12.5. The zero-order valence-electron chi connectivity index (χ0n) is 18.8. The molecular weight excluding hydrogens is 430 g/mol. The van der Waals surface area contributed by atoms with Crippen molar-refractivity contribution in [2.45, 2.75) is 51.4 Å². The predicted molar refractivity (Wildman–Crippen MR) is 121 cm³/mol. The molecule has 1 heterocycles. The van der Waals surface area contributed by atoms with Crippen LogP contribution in [0.1, 0.15) is 26.3 Å². The maximum Gasteiger partial charge on any atom is 0.328 e. The van der Waals surface area contributed by atoms with Crippen LogP contribution >= 0.6 is 0 Å². The van der Waals surface area contributed by atoms with E-state index in [1.54, 1.807) is 20.0 Å². The first kappa shape index (κ1) is 25.8. The number of aromatic amines is 1. The van der Waals surface area contributed by atoms with E-state index >= 15 is 0 Å². The van der Waals surface area contributed by atoms with Crippen molar-refractivity contribution in [2.24, 2.45) is 11.7 Å². The van der Waals surface area contributed by atoms with Crippen molar-refractivity contribution in [2.75, 3.05) is 6.54 Å². The summed E-state index contributed by atoms with van der Waals surface area (Å²) < 4.78 is 0. The molecule has 0 radical (unpaired) electrons. The highest BCUT2D eigenvalue weighted by atomic mass is 16.4. The number of amides is 3. The van der Waals surface area contributed by atoms with Crippen molar-refractivity contribution in [1.82, 2.24) is 20.9 Å². The molecule has 11 heteroatoms. The van der Waals surface area contributed by atoms with Crippen LogP contribution in [0.4, 0.5) is 0 Å². The molecular formula is C22H31N5O6. The van der Waals surface area contributed by atoms with Crippen LogP contribution in [0.25, 0.3) is 10.9 Å². The molecule has 0 aliphatic heterocycles. The summed E-state index contributed by atoms with van der Waals surface area (Å²) in [5.74, 6) is -3.70. The molecule has 1 aromatic heterocycles. The molecule has 0 saturated heterocycles. The summed E-state index contributed by atoms with van der Waals surface area (Å²) in [6, 6.07) is 4.15. The van der Waals surface area contributed by atoms with Crippen molar-refractivity contribution in [3.63, 3.8) is 0 Å². The number of nitrogens with one attached hydrogen (secondary N) is 4. The zero-order chi connectivity index (χ0) is 24.7. The molecule has 4 unspecified atom stereocenters. The van der Waals surface area contributed by atoms with E-state index in [-0.39, 0.29) is 12.3 Å². The smallest absolute Gasteiger partial charge is 0.328 e. The number of aromatic nitrogens is 1. The third kappa shape index (κ3) is 7.02. The van der Waals surface area contributed by atoms with Gasteiger partial charge in [0.05, 0.1) is 18.7 Å². The van der Waals surface area contributed by atoms with Crippen molar-refractivity contribution in [3.05, 3.63) is 36.0 Å². The number of aliphatic hydroxyl groups is 1. The lowest BCUT2D eigenvalue weighted by atomic mass is 10.0. The number of para-hydroxylation sites is 1. The van der Waals surface area contributed by atoms with E-state index in [1.807, 2.05) is 24.3 Å². The number of benzene rings is 1. The van der Waals surface area contributed by atoms with Crippen LogP contribution in [-0.4, -0.2) is 69.7 Å². The highest BCUT2D eigenvalue weighted by Crippen LogP contribution is 2.18. The number of nitrogens with two attached hydrogens (primary N) is 1. The average Bonchev–Trinajstić information content (AvgIpc) is 3.16. The first-order chi connectivity index (χ1) is 15.5.